The summed E-state index contributed by atoms with van der Waals surface area (Å²) in [6, 6.07) is 5.59. The number of rotatable bonds is 8. The van der Waals surface area contributed by atoms with E-state index in [1.807, 2.05) is 31.2 Å². The molecule has 0 heterocycles. The molecule has 22 heavy (non-hydrogen) atoms. The molecule has 122 valence electrons. The minimum absolute atomic E-state index is 0.0515. The Hall–Kier alpha value is -2.01. The predicted molar refractivity (Wildman–Crippen MR) is 84.2 cm³/mol. The van der Waals surface area contributed by atoms with Gasteiger partial charge in [-0.05, 0) is 18.2 Å². The van der Waals surface area contributed by atoms with Crippen molar-refractivity contribution in [2.24, 2.45) is 5.92 Å². The van der Waals surface area contributed by atoms with Gasteiger partial charge >= 0.3 is 5.97 Å². The molecule has 0 bridgehead atoms. The Labute approximate surface area is 131 Å². The van der Waals surface area contributed by atoms with Crippen molar-refractivity contribution in [3.63, 3.8) is 0 Å². The quantitative estimate of drug-likeness (QED) is 0.545. The molecule has 0 spiro atoms. The molecule has 0 saturated carbocycles. The molecule has 0 aliphatic carbocycles. The van der Waals surface area contributed by atoms with E-state index >= 15 is 0 Å². The van der Waals surface area contributed by atoms with Gasteiger partial charge in [-0.3, -0.25) is 4.79 Å². The zero-order valence-electron chi connectivity index (χ0n) is 13.8. The summed E-state index contributed by atoms with van der Waals surface area (Å²) >= 11 is 0. The first-order chi connectivity index (χ1) is 10.6. The second-order valence-electron chi connectivity index (χ2n) is 4.83. The van der Waals surface area contributed by atoms with E-state index < -0.39 is 0 Å². The van der Waals surface area contributed by atoms with Gasteiger partial charge in [0.2, 0.25) is 0 Å². The minimum atomic E-state index is -0.267. The summed E-state index contributed by atoms with van der Waals surface area (Å²) < 4.78 is 20.9. The van der Waals surface area contributed by atoms with Crippen molar-refractivity contribution < 1.29 is 23.7 Å². The lowest BCUT2D eigenvalue weighted by Crippen LogP contribution is -2.12. The molecule has 0 N–H and O–H groups in total. The summed E-state index contributed by atoms with van der Waals surface area (Å²) in [5, 5.41) is 0. The Bertz CT molecular complexity index is 510. The fourth-order valence-corrected chi connectivity index (χ4v) is 2.25. The molecule has 0 fully saturated rings. The Morgan fingerprint density at radius 2 is 1.91 bits per heavy atom. The maximum atomic E-state index is 11.1. The van der Waals surface area contributed by atoms with E-state index in [0.29, 0.717) is 0 Å². The summed E-state index contributed by atoms with van der Waals surface area (Å²) in [5.74, 6) is 1.26. The number of ether oxygens (including phenoxy) is 4. The molecule has 2 atom stereocenters. The minimum Gasteiger partial charge on any atom is -0.497 e. The summed E-state index contributed by atoms with van der Waals surface area (Å²) in [7, 11) is 6.26. The Morgan fingerprint density at radius 3 is 2.45 bits per heavy atom. The van der Waals surface area contributed by atoms with Crippen LogP contribution in [0, 0.1) is 5.92 Å². The second-order valence-corrected chi connectivity index (χ2v) is 4.83. The van der Waals surface area contributed by atoms with Gasteiger partial charge in [0.25, 0.3) is 0 Å². The second kappa shape index (κ2) is 9.10. The first kappa shape index (κ1) is 18.0. The van der Waals surface area contributed by atoms with Gasteiger partial charge in [-0.25, -0.2) is 0 Å². The Balaban J connectivity index is 2.96. The van der Waals surface area contributed by atoms with Crippen molar-refractivity contribution in [2.75, 3.05) is 28.4 Å². The van der Waals surface area contributed by atoms with Crippen LogP contribution in [-0.4, -0.2) is 34.4 Å². The lowest BCUT2D eigenvalue weighted by atomic mass is 9.95. The standard InChI is InChI=1S/C17H24O5/c1-12(7-6-8-16(18)21-4)17(22-5)14-11-13(19-2)9-10-15(14)20-3/h6-7,9-12,17H,8H2,1-5H3/b7-6+/t12-,17+/m1/s1. The van der Waals surface area contributed by atoms with E-state index in [-0.39, 0.29) is 24.4 Å². The van der Waals surface area contributed by atoms with Crippen LogP contribution in [-0.2, 0) is 14.3 Å². The van der Waals surface area contributed by atoms with Gasteiger partial charge in [0.1, 0.15) is 11.5 Å². The monoisotopic (exact) mass is 308 g/mol. The van der Waals surface area contributed by atoms with Gasteiger partial charge in [0.05, 0.1) is 33.9 Å². The molecule has 1 rings (SSSR count). The van der Waals surface area contributed by atoms with Crippen molar-refractivity contribution >= 4 is 5.97 Å². The molecule has 0 aliphatic heterocycles. The van der Waals surface area contributed by atoms with E-state index in [2.05, 4.69) is 4.74 Å². The van der Waals surface area contributed by atoms with Crippen molar-refractivity contribution in [3.8, 4) is 11.5 Å². The fourth-order valence-electron chi connectivity index (χ4n) is 2.25. The van der Waals surface area contributed by atoms with Crippen LogP contribution in [0.2, 0.25) is 0 Å². The number of hydrogen-bond acceptors (Lipinski definition) is 5. The van der Waals surface area contributed by atoms with Gasteiger partial charge in [0, 0.05) is 18.6 Å². The zero-order chi connectivity index (χ0) is 16.5. The number of benzene rings is 1. The van der Waals surface area contributed by atoms with E-state index in [4.69, 9.17) is 14.2 Å². The first-order valence-corrected chi connectivity index (χ1v) is 7.05. The number of methoxy groups -OCH3 is 4. The molecule has 5 heteroatoms. The number of carbonyl (C=O) groups excluding carboxylic acids is 1. The molecule has 0 saturated heterocycles. The highest BCUT2D eigenvalue weighted by atomic mass is 16.5. The molecule has 0 unspecified atom stereocenters. The van der Waals surface area contributed by atoms with Crippen molar-refractivity contribution in [2.45, 2.75) is 19.4 Å². The summed E-state index contributed by atoms with van der Waals surface area (Å²) in [6.45, 7) is 2.01. The SMILES string of the molecule is COC(=O)C/C=C/[C@@H](C)[C@H](OC)c1cc(OC)ccc1OC. The Kier molecular flexibility index (Phi) is 7.46. The van der Waals surface area contributed by atoms with Gasteiger partial charge < -0.3 is 18.9 Å². The Morgan fingerprint density at radius 1 is 1.18 bits per heavy atom. The third-order valence-electron chi connectivity index (χ3n) is 3.43. The summed E-state index contributed by atoms with van der Waals surface area (Å²) in [6.07, 6.45) is 3.75. The van der Waals surface area contributed by atoms with Crippen molar-refractivity contribution in [1.82, 2.24) is 0 Å². The average Bonchev–Trinajstić information content (AvgIpc) is 2.55. The van der Waals surface area contributed by atoms with Crippen molar-refractivity contribution in [1.29, 1.82) is 0 Å². The van der Waals surface area contributed by atoms with Crippen LogP contribution >= 0.6 is 0 Å². The number of esters is 1. The third kappa shape index (κ3) is 4.77. The van der Waals surface area contributed by atoms with Gasteiger partial charge in [-0.1, -0.05) is 19.1 Å². The maximum absolute atomic E-state index is 11.1. The molecule has 0 radical (unpaired) electrons. The maximum Gasteiger partial charge on any atom is 0.309 e. The van der Waals surface area contributed by atoms with Crippen LogP contribution < -0.4 is 9.47 Å². The molecule has 0 aromatic heterocycles. The van der Waals surface area contributed by atoms with Crippen molar-refractivity contribution in [3.05, 3.63) is 35.9 Å². The van der Waals surface area contributed by atoms with Crippen LogP contribution in [0.5, 0.6) is 11.5 Å². The normalized spacial score (nSPS) is 13.7. The fraction of sp³-hybridized carbons (Fsp3) is 0.471. The highest BCUT2D eigenvalue weighted by Gasteiger charge is 2.21. The third-order valence-corrected chi connectivity index (χ3v) is 3.43. The average molecular weight is 308 g/mol. The molecule has 5 nitrogen and oxygen atoms in total. The van der Waals surface area contributed by atoms with Crippen LogP contribution in [0.25, 0.3) is 0 Å². The lowest BCUT2D eigenvalue weighted by molar-refractivity contribution is -0.139. The van der Waals surface area contributed by atoms with Gasteiger partial charge in [0.15, 0.2) is 0 Å². The van der Waals surface area contributed by atoms with E-state index in [0.717, 1.165) is 17.1 Å². The number of carbonyl (C=O) groups is 1. The summed E-state index contributed by atoms with van der Waals surface area (Å²) in [4.78, 5) is 11.1. The van der Waals surface area contributed by atoms with Crippen LogP contribution in [0.4, 0.5) is 0 Å². The zero-order valence-corrected chi connectivity index (χ0v) is 13.8. The number of hydrogen-bond donors (Lipinski definition) is 0. The smallest absolute Gasteiger partial charge is 0.309 e. The highest BCUT2D eigenvalue weighted by Crippen LogP contribution is 2.35. The van der Waals surface area contributed by atoms with Gasteiger partial charge in [-0.2, -0.15) is 0 Å². The topological polar surface area (TPSA) is 54.0 Å². The molecule has 0 amide bonds. The van der Waals surface area contributed by atoms with E-state index in [1.165, 1.54) is 7.11 Å². The molecule has 1 aromatic rings. The van der Waals surface area contributed by atoms with Gasteiger partial charge in [-0.15, -0.1) is 0 Å². The largest absolute Gasteiger partial charge is 0.497 e. The van der Waals surface area contributed by atoms with E-state index in [1.54, 1.807) is 27.4 Å². The van der Waals surface area contributed by atoms with Crippen LogP contribution in [0.3, 0.4) is 0 Å². The first-order valence-electron chi connectivity index (χ1n) is 7.05. The molecule has 0 aliphatic rings. The van der Waals surface area contributed by atoms with Crippen LogP contribution in [0.15, 0.2) is 30.4 Å². The molecular formula is C17H24O5. The molecular weight excluding hydrogens is 284 g/mol. The molecule has 1 aromatic carbocycles. The highest BCUT2D eigenvalue weighted by molar-refractivity contribution is 5.70. The van der Waals surface area contributed by atoms with Crippen LogP contribution in [0.1, 0.15) is 25.0 Å². The lowest BCUT2D eigenvalue weighted by Gasteiger charge is -2.23. The predicted octanol–water partition coefficient (Wildman–Crippen LogP) is 3.15. The van der Waals surface area contributed by atoms with E-state index in [9.17, 15) is 4.79 Å². The summed E-state index contributed by atoms with van der Waals surface area (Å²) in [5.41, 5.74) is 0.902.